The predicted molar refractivity (Wildman–Crippen MR) is 122 cm³/mol. The first-order chi connectivity index (χ1) is 16.4. The Hall–Kier alpha value is -3.21. The quantitative estimate of drug-likeness (QED) is 0.465. The van der Waals surface area contributed by atoms with Crippen molar-refractivity contribution in [3.63, 3.8) is 0 Å². The van der Waals surface area contributed by atoms with Gasteiger partial charge in [0.05, 0.1) is 11.3 Å². The van der Waals surface area contributed by atoms with Crippen LogP contribution in [-0.4, -0.2) is 26.9 Å². The molecular formula is C23H25F2N5O3S. The maximum absolute atomic E-state index is 14.0. The van der Waals surface area contributed by atoms with Gasteiger partial charge >= 0.3 is 0 Å². The zero-order valence-corrected chi connectivity index (χ0v) is 19.5. The second-order valence-corrected chi connectivity index (χ2v) is 9.23. The normalized spacial score (nSPS) is 15.5. The van der Waals surface area contributed by atoms with Crippen molar-refractivity contribution in [2.45, 2.75) is 63.8 Å². The summed E-state index contributed by atoms with van der Waals surface area (Å²) in [5, 5.41) is 11.5. The molecule has 1 aliphatic carbocycles. The number of hydrogen-bond acceptors (Lipinski definition) is 7. The number of aromatic nitrogens is 3. The number of halogens is 2. The van der Waals surface area contributed by atoms with Crippen molar-refractivity contribution in [2.24, 2.45) is 0 Å². The molecule has 3 aromatic rings. The molecule has 0 unspecified atom stereocenters. The zero-order chi connectivity index (χ0) is 24.1. The van der Waals surface area contributed by atoms with Crippen LogP contribution in [0.15, 0.2) is 28.1 Å². The van der Waals surface area contributed by atoms with Crippen LogP contribution < -0.4 is 10.6 Å². The van der Waals surface area contributed by atoms with E-state index in [0.29, 0.717) is 11.7 Å². The second-order valence-electron chi connectivity index (χ2n) is 8.37. The molecule has 1 aliphatic rings. The maximum atomic E-state index is 14.0. The minimum atomic E-state index is -0.721. The maximum Gasteiger partial charge on any atom is 0.227 e. The van der Waals surface area contributed by atoms with Gasteiger partial charge < -0.3 is 15.2 Å². The van der Waals surface area contributed by atoms with Crippen molar-refractivity contribution in [3.05, 3.63) is 46.9 Å². The molecule has 1 fully saturated rings. The molecule has 0 atom stereocenters. The Morgan fingerprint density at radius 1 is 1.12 bits per heavy atom. The summed E-state index contributed by atoms with van der Waals surface area (Å²) < 4.78 is 33.3. The Morgan fingerprint density at radius 3 is 2.50 bits per heavy atom. The van der Waals surface area contributed by atoms with Crippen LogP contribution in [-0.2, 0) is 21.5 Å². The number of hydrogen-bond donors (Lipinski definition) is 2. The van der Waals surface area contributed by atoms with Gasteiger partial charge in [0.1, 0.15) is 17.2 Å². The van der Waals surface area contributed by atoms with E-state index in [1.54, 1.807) is 0 Å². The lowest BCUT2D eigenvalue weighted by atomic mass is 9.89. The average molecular weight is 490 g/mol. The van der Waals surface area contributed by atoms with Crippen LogP contribution in [0.4, 0.5) is 13.9 Å². The van der Waals surface area contributed by atoms with Crippen molar-refractivity contribution in [3.8, 4) is 11.3 Å². The molecule has 11 heteroatoms. The van der Waals surface area contributed by atoms with E-state index in [1.807, 2.05) is 0 Å². The first-order valence-electron chi connectivity index (χ1n) is 11.2. The predicted octanol–water partition coefficient (Wildman–Crippen LogP) is 4.73. The summed E-state index contributed by atoms with van der Waals surface area (Å²) in [6, 6.07) is 3.58. The fourth-order valence-corrected chi connectivity index (χ4v) is 4.93. The minimum absolute atomic E-state index is 0.0533. The number of nitrogens with zero attached hydrogens (tertiary/aromatic N) is 3. The first-order valence-corrected chi connectivity index (χ1v) is 12.1. The Morgan fingerprint density at radius 2 is 1.82 bits per heavy atom. The molecular weight excluding hydrogens is 464 g/mol. The molecule has 0 spiro atoms. The third kappa shape index (κ3) is 5.46. The van der Waals surface area contributed by atoms with E-state index in [1.165, 1.54) is 18.4 Å². The molecule has 1 saturated carbocycles. The lowest BCUT2D eigenvalue weighted by molar-refractivity contribution is -0.121. The van der Waals surface area contributed by atoms with E-state index in [-0.39, 0.29) is 41.0 Å². The number of benzene rings is 1. The van der Waals surface area contributed by atoms with Crippen molar-refractivity contribution < 1.29 is 22.9 Å². The number of nitrogens with one attached hydrogen (secondary N) is 2. The van der Waals surface area contributed by atoms with Crippen LogP contribution in [0, 0.1) is 11.6 Å². The summed E-state index contributed by atoms with van der Waals surface area (Å²) in [7, 11) is 0. The smallest absolute Gasteiger partial charge is 0.227 e. The van der Waals surface area contributed by atoms with E-state index >= 15 is 0 Å². The van der Waals surface area contributed by atoms with E-state index < -0.39 is 17.2 Å². The van der Waals surface area contributed by atoms with Crippen LogP contribution in [0.1, 0.15) is 63.6 Å². The van der Waals surface area contributed by atoms with Gasteiger partial charge in [0.15, 0.2) is 11.0 Å². The van der Waals surface area contributed by atoms with Crippen molar-refractivity contribution in [1.29, 1.82) is 0 Å². The number of carbonyl (C=O) groups excluding carboxylic acids is 2. The van der Waals surface area contributed by atoms with Crippen LogP contribution in [0.3, 0.4) is 0 Å². The van der Waals surface area contributed by atoms with Crippen LogP contribution in [0.25, 0.3) is 11.3 Å². The van der Waals surface area contributed by atoms with Gasteiger partial charge in [-0.2, -0.15) is 4.98 Å². The summed E-state index contributed by atoms with van der Waals surface area (Å²) in [6.45, 7) is 1.47. The molecule has 0 bridgehead atoms. The SMILES string of the molecule is CC(=O)NC1(c2noc(CCC(=O)Nc3nc(-c4c(F)cccc4F)cs3)n2)CCCCCC1. The molecule has 2 aromatic heterocycles. The lowest BCUT2D eigenvalue weighted by Crippen LogP contribution is -2.45. The molecule has 1 aromatic carbocycles. The number of aryl methyl sites for hydroxylation is 1. The van der Waals surface area contributed by atoms with Gasteiger partial charge in [-0.1, -0.05) is 36.9 Å². The van der Waals surface area contributed by atoms with Crippen LogP contribution >= 0.6 is 11.3 Å². The summed E-state index contributed by atoms with van der Waals surface area (Å²) >= 11 is 1.07. The topological polar surface area (TPSA) is 110 Å². The van der Waals surface area contributed by atoms with E-state index in [0.717, 1.165) is 62.0 Å². The molecule has 2 N–H and O–H groups in total. The molecule has 180 valence electrons. The summed E-state index contributed by atoms with van der Waals surface area (Å²) in [5.41, 5.74) is -0.764. The Kier molecular flexibility index (Phi) is 7.30. The number of anilines is 1. The minimum Gasteiger partial charge on any atom is -0.343 e. The van der Waals surface area contributed by atoms with Gasteiger partial charge in [0.2, 0.25) is 17.7 Å². The summed E-state index contributed by atoms with van der Waals surface area (Å²) in [5.74, 6) is -1.20. The summed E-state index contributed by atoms with van der Waals surface area (Å²) in [6.07, 6.45) is 5.83. The Balaban J connectivity index is 1.38. The molecule has 0 saturated heterocycles. The van der Waals surface area contributed by atoms with Gasteiger partial charge in [0, 0.05) is 25.1 Å². The van der Waals surface area contributed by atoms with Gasteiger partial charge in [-0.3, -0.25) is 9.59 Å². The average Bonchev–Trinajstić information content (AvgIpc) is 3.38. The Labute approximate surface area is 199 Å². The molecule has 0 aliphatic heterocycles. The third-order valence-corrected chi connectivity index (χ3v) is 6.56. The van der Waals surface area contributed by atoms with Gasteiger partial charge in [-0.15, -0.1) is 11.3 Å². The number of carbonyl (C=O) groups is 2. The number of amides is 2. The van der Waals surface area contributed by atoms with Gasteiger partial charge in [-0.25, -0.2) is 13.8 Å². The van der Waals surface area contributed by atoms with E-state index in [4.69, 9.17) is 4.52 Å². The summed E-state index contributed by atoms with van der Waals surface area (Å²) in [4.78, 5) is 32.8. The van der Waals surface area contributed by atoms with Crippen LogP contribution in [0.5, 0.6) is 0 Å². The fraction of sp³-hybridized carbons (Fsp3) is 0.435. The van der Waals surface area contributed by atoms with Crippen molar-refractivity contribution in [2.75, 3.05) is 5.32 Å². The van der Waals surface area contributed by atoms with Gasteiger partial charge in [-0.05, 0) is 25.0 Å². The third-order valence-electron chi connectivity index (χ3n) is 5.80. The molecule has 4 rings (SSSR count). The Bertz CT molecular complexity index is 1150. The van der Waals surface area contributed by atoms with Crippen molar-refractivity contribution in [1.82, 2.24) is 20.4 Å². The highest BCUT2D eigenvalue weighted by atomic mass is 32.1. The molecule has 8 nitrogen and oxygen atoms in total. The number of thiazole rings is 1. The second kappa shape index (κ2) is 10.4. The molecule has 0 radical (unpaired) electrons. The monoisotopic (exact) mass is 489 g/mol. The zero-order valence-electron chi connectivity index (χ0n) is 18.7. The molecule has 2 heterocycles. The van der Waals surface area contributed by atoms with Crippen LogP contribution in [0.2, 0.25) is 0 Å². The fourth-order valence-electron chi connectivity index (χ4n) is 4.22. The van der Waals surface area contributed by atoms with E-state index in [9.17, 15) is 18.4 Å². The number of rotatable bonds is 7. The van der Waals surface area contributed by atoms with Gasteiger partial charge in [0.25, 0.3) is 0 Å². The first kappa shape index (κ1) is 23.9. The van der Waals surface area contributed by atoms with E-state index in [2.05, 4.69) is 25.8 Å². The molecule has 34 heavy (non-hydrogen) atoms. The lowest BCUT2D eigenvalue weighted by Gasteiger charge is -2.30. The standard InChI is InChI=1S/C23H25F2N5O3S/c1-14(31)29-23(11-4-2-3-5-12-23)21-28-19(33-30-21)10-9-18(32)27-22-26-17(13-34-22)20-15(24)7-6-8-16(20)25/h6-8,13H,2-5,9-12H2,1H3,(H,29,31)(H,26,27,32). The highest BCUT2D eigenvalue weighted by Crippen LogP contribution is 2.35. The molecule has 2 amide bonds. The highest BCUT2D eigenvalue weighted by Gasteiger charge is 2.38. The largest absolute Gasteiger partial charge is 0.343 e. The van der Waals surface area contributed by atoms with Crippen molar-refractivity contribution >= 4 is 28.3 Å². The highest BCUT2D eigenvalue weighted by molar-refractivity contribution is 7.14.